The van der Waals surface area contributed by atoms with E-state index in [-0.39, 0.29) is 0 Å². The Bertz CT molecular complexity index is 753. The molecule has 1 heterocycles. The normalized spacial score (nSPS) is 12.8. The number of methoxy groups -OCH3 is 1. The monoisotopic (exact) mass is 414 g/mol. The quantitative estimate of drug-likeness (QED) is 0.411. The van der Waals surface area contributed by atoms with Gasteiger partial charge in [0.1, 0.15) is 17.9 Å². The predicted molar refractivity (Wildman–Crippen MR) is 123 cm³/mol. The van der Waals surface area contributed by atoms with Crippen molar-refractivity contribution in [1.82, 2.24) is 25.4 Å². The molecule has 7 nitrogen and oxygen atoms in total. The van der Waals surface area contributed by atoms with Crippen LogP contribution in [0.15, 0.2) is 35.6 Å². The molecule has 166 valence electrons. The van der Waals surface area contributed by atoms with Gasteiger partial charge in [-0.25, -0.2) is 0 Å². The summed E-state index contributed by atoms with van der Waals surface area (Å²) in [6.07, 6.45) is 5.89. The topological polar surface area (TPSA) is 76.4 Å². The molecule has 2 rings (SSSR count). The number of aryl methyl sites for hydroxylation is 1. The third kappa shape index (κ3) is 8.43. The van der Waals surface area contributed by atoms with Crippen LogP contribution < -0.4 is 15.4 Å². The first-order valence-corrected chi connectivity index (χ1v) is 11.1. The van der Waals surface area contributed by atoms with E-state index in [1.807, 2.05) is 12.1 Å². The minimum Gasteiger partial charge on any atom is -0.497 e. The second-order valence-electron chi connectivity index (χ2n) is 8.07. The van der Waals surface area contributed by atoms with Crippen LogP contribution in [0.3, 0.4) is 0 Å². The van der Waals surface area contributed by atoms with Gasteiger partial charge in [0.2, 0.25) is 0 Å². The molecule has 0 bridgehead atoms. The zero-order chi connectivity index (χ0) is 21.8. The molecule has 1 aromatic carbocycles. The Hall–Kier alpha value is -2.57. The zero-order valence-corrected chi connectivity index (χ0v) is 19.2. The Balaban J connectivity index is 1.91. The SMILES string of the molecule is CCc1nncn1CCNC(=NCCc1ccc(OC)cc1)NC(C)CCC(C)C. The van der Waals surface area contributed by atoms with Crippen molar-refractivity contribution in [3.05, 3.63) is 42.0 Å². The summed E-state index contributed by atoms with van der Waals surface area (Å²) in [7, 11) is 1.69. The number of hydrogen-bond donors (Lipinski definition) is 2. The summed E-state index contributed by atoms with van der Waals surface area (Å²) in [5.74, 6) is 3.46. The van der Waals surface area contributed by atoms with Gasteiger partial charge in [0.05, 0.1) is 7.11 Å². The molecular formula is C23H38N6O. The highest BCUT2D eigenvalue weighted by molar-refractivity contribution is 5.80. The Morgan fingerprint density at radius 2 is 1.93 bits per heavy atom. The molecule has 0 fully saturated rings. The first-order chi connectivity index (χ1) is 14.5. The van der Waals surface area contributed by atoms with Crippen LogP contribution >= 0.6 is 0 Å². The van der Waals surface area contributed by atoms with Gasteiger partial charge in [0.25, 0.3) is 0 Å². The fourth-order valence-corrected chi connectivity index (χ4v) is 3.16. The molecule has 0 aliphatic heterocycles. The summed E-state index contributed by atoms with van der Waals surface area (Å²) in [5, 5.41) is 15.2. The summed E-state index contributed by atoms with van der Waals surface area (Å²) >= 11 is 0. The van der Waals surface area contributed by atoms with Gasteiger partial charge < -0.3 is 19.9 Å². The molecule has 7 heteroatoms. The van der Waals surface area contributed by atoms with Crippen LogP contribution in [0.25, 0.3) is 0 Å². The molecule has 0 spiro atoms. The van der Waals surface area contributed by atoms with Gasteiger partial charge in [-0.05, 0) is 49.8 Å². The van der Waals surface area contributed by atoms with E-state index in [1.54, 1.807) is 13.4 Å². The van der Waals surface area contributed by atoms with Crippen LogP contribution in [-0.2, 0) is 19.4 Å². The number of guanidine groups is 1. The van der Waals surface area contributed by atoms with Crippen LogP contribution in [-0.4, -0.2) is 47.0 Å². The van der Waals surface area contributed by atoms with Crippen molar-refractivity contribution in [3.63, 3.8) is 0 Å². The number of aliphatic imine (C=N–C) groups is 1. The van der Waals surface area contributed by atoms with E-state index >= 15 is 0 Å². The number of hydrogen-bond acceptors (Lipinski definition) is 4. The van der Waals surface area contributed by atoms with Crippen molar-refractivity contribution in [2.45, 2.75) is 66.0 Å². The second kappa shape index (κ2) is 12.9. The van der Waals surface area contributed by atoms with Gasteiger partial charge in [0.15, 0.2) is 5.96 Å². The standard InChI is InChI=1S/C23H38N6O/c1-6-22-28-26-17-29(22)16-15-25-23(27-19(4)8-7-18(2)3)24-14-13-20-9-11-21(30-5)12-10-20/h9-12,17-19H,6-8,13-16H2,1-5H3,(H2,24,25,27). The smallest absolute Gasteiger partial charge is 0.191 e. The lowest BCUT2D eigenvalue weighted by atomic mass is 10.0. The lowest BCUT2D eigenvalue weighted by Crippen LogP contribution is -2.43. The Morgan fingerprint density at radius 1 is 1.17 bits per heavy atom. The van der Waals surface area contributed by atoms with E-state index < -0.39 is 0 Å². The van der Waals surface area contributed by atoms with Crippen molar-refractivity contribution < 1.29 is 4.74 Å². The highest BCUT2D eigenvalue weighted by atomic mass is 16.5. The van der Waals surface area contributed by atoms with E-state index in [9.17, 15) is 0 Å². The minimum atomic E-state index is 0.376. The first kappa shape index (κ1) is 23.7. The van der Waals surface area contributed by atoms with Crippen molar-refractivity contribution in [2.75, 3.05) is 20.2 Å². The van der Waals surface area contributed by atoms with E-state index in [2.05, 4.69) is 65.2 Å². The Kier molecular flexibility index (Phi) is 10.2. The van der Waals surface area contributed by atoms with E-state index in [0.29, 0.717) is 12.0 Å². The lowest BCUT2D eigenvalue weighted by Gasteiger charge is -2.19. The molecule has 0 amide bonds. The molecular weight excluding hydrogens is 376 g/mol. The minimum absolute atomic E-state index is 0.376. The summed E-state index contributed by atoms with van der Waals surface area (Å²) in [6.45, 7) is 11.2. The van der Waals surface area contributed by atoms with Crippen molar-refractivity contribution in [1.29, 1.82) is 0 Å². The van der Waals surface area contributed by atoms with Gasteiger partial charge in [-0.2, -0.15) is 0 Å². The third-order valence-electron chi connectivity index (χ3n) is 5.05. The molecule has 1 atom stereocenters. The number of nitrogens with one attached hydrogen (secondary N) is 2. The maximum absolute atomic E-state index is 5.23. The fraction of sp³-hybridized carbons (Fsp3) is 0.609. The van der Waals surface area contributed by atoms with E-state index in [0.717, 1.165) is 56.4 Å². The second-order valence-corrected chi connectivity index (χ2v) is 8.07. The Morgan fingerprint density at radius 3 is 2.60 bits per heavy atom. The average molecular weight is 415 g/mol. The molecule has 1 unspecified atom stereocenters. The molecule has 2 aromatic rings. The van der Waals surface area contributed by atoms with Gasteiger partial charge in [-0.1, -0.05) is 32.9 Å². The molecule has 0 saturated carbocycles. The number of benzene rings is 1. The highest BCUT2D eigenvalue weighted by Crippen LogP contribution is 2.11. The number of ether oxygens (including phenoxy) is 1. The number of nitrogens with zero attached hydrogens (tertiary/aromatic N) is 4. The fourth-order valence-electron chi connectivity index (χ4n) is 3.16. The van der Waals surface area contributed by atoms with Gasteiger partial charge >= 0.3 is 0 Å². The maximum Gasteiger partial charge on any atom is 0.191 e. The lowest BCUT2D eigenvalue weighted by molar-refractivity contribution is 0.414. The van der Waals surface area contributed by atoms with Crippen LogP contribution in [0.4, 0.5) is 0 Å². The number of aromatic nitrogens is 3. The summed E-state index contributed by atoms with van der Waals surface area (Å²) < 4.78 is 7.32. The van der Waals surface area contributed by atoms with E-state index in [4.69, 9.17) is 9.73 Å². The molecule has 30 heavy (non-hydrogen) atoms. The molecule has 0 radical (unpaired) electrons. The van der Waals surface area contributed by atoms with Crippen molar-refractivity contribution in [2.24, 2.45) is 10.9 Å². The average Bonchev–Trinajstić information content (AvgIpc) is 3.20. The zero-order valence-electron chi connectivity index (χ0n) is 19.2. The maximum atomic E-state index is 5.23. The predicted octanol–water partition coefficient (Wildman–Crippen LogP) is 3.45. The van der Waals surface area contributed by atoms with Crippen LogP contribution in [0.2, 0.25) is 0 Å². The van der Waals surface area contributed by atoms with Crippen LogP contribution in [0.1, 0.15) is 51.9 Å². The summed E-state index contributed by atoms with van der Waals surface area (Å²) in [5.41, 5.74) is 1.25. The number of rotatable bonds is 12. The highest BCUT2D eigenvalue weighted by Gasteiger charge is 2.08. The molecule has 0 aliphatic carbocycles. The molecule has 2 N–H and O–H groups in total. The van der Waals surface area contributed by atoms with Gasteiger partial charge in [-0.15, -0.1) is 10.2 Å². The molecule has 1 aromatic heterocycles. The van der Waals surface area contributed by atoms with Crippen molar-refractivity contribution >= 4 is 5.96 Å². The summed E-state index contributed by atoms with van der Waals surface area (Å²) in [4.78, 5) is 4.81. The molecule has 0 saturated heterocycles. The Labute approximate surface area is 181 Å². The first-order valence-electron chi connectivity index (χ1n) is 11.1. The van der Waals surface area contributed by atoms with Gasteiger partial charge in [0, 0.05) is 32.1 Å². The third-order valence-corrected chi connectivity index (χ3v) is 5.05. The van der Waals surface area contributed by atoms with Crippen molar-refractivity contribution in [3.8, 4) is 5.75 Å². The largest absolute Gasteiger partial charge is 0.497 e. The van der Waals surface area contributed by atoms with Crippen LogP contribution in [0.5, 0.6) is 5.75 Å². The summed E-state index contributed by atoms with van der Waals surface area (Å²) in [6, 6.07) is 8.56. The van der Waals surface area contributed by atoms with E-state index in [1.165, 1.54) is 12.0 Å². The van der Waals surface area contributed by atoms with Gasteiger partial charge in [-0.3, -0.25) is 4.99 Å². The van der Waals surface area contributed by atoms with Crippen LogP contribution in [0, 0.1) is 5.92 Å². The molecule has 0 aliphatic rings.